The van der Waals surface area contributed by atoms with Crippen molar-refractivity contribution in [3.63, 3.8) is 0 Å². The number of hydrogen-bond donors (Lipinski definition) is 3. The van der Waals surface area contributed by atoms with Crippen molar-refractivity contribution in [3.05, 3.63) is 47.2 Å². The molecule has 4 heterocycles. The third-order valence-electron chi connectivity index (χ3n) is 7.47. The lowest BCUT2D eigenvalue weighted by Gasteiger charge is -2.39. The predicted molar refractivity (Wildman–Crippen MR) is 175 cm³/mol. The molecule has 0 aliphatic carbocycles. The average Bonchev–Trinajstić information content (AvgIpc) is 3.63. The standard InChI is InChI=1S/C21H26N4OS.C6H13N.2C2H6.CH3NO/c1-3-14-8-16(10-23-20(14)22)21(26)25-11-13(2)4-6-18(25)15-5-7-19-17(9-15)24-12-27-19;1-6-4-3-5-7(6)2;2*1-2;2-1-3/h5,7-10,13,18,24H,3-4,6,11-12H2,1-2H3,(H2,22,23);6H,3-5H2,1-2H3;2*1-2H3;1H,(H2,2,3)/t13?,18-;;;;/m1..../s1. The average molecular weight is 587 g/mol. The highest BCUT2D eigenvalue weighted by atomic mass is 32.2. The molecule has 41 heavy (non-hydrogen) atoms. The molecule has 9 heteroatoms. The van der Waals surface area contributed by atoms with Crippen molar-refractivity contribution < 1.29 is 9.59 Å². The van der Waals surface area contributed by atoms with Crippen LogP contribution in [0.25, 0.3) is 0 Å². The second kappa shape index (κ2) is 19.4. The first kappa shape index (κ1) is 36.2. The molecule has 0 radical (unpaired) electrons. The van der Waals surface area contributed by atoms with E-state index in [1.165, 1.54) is 35.5 Å². The molecule has 1 aromatic heterocycles. The summed E-state index contributed by atoms with van der Waals surface area (Å²) in [6.45, 7) is 16.6. The maximum absolute atomic E-state index is 13.4. The fourth-order valence-electron chi connectivity index (χ4n) is 5.10. The molecule has 2 amide bonds. The fourth-order valence-corrected chi connectivity index (χ4v) is 5.93. The molecule has 2 aromatic rings. The molecule has 0 spiro atoms. The molecular weight excluding hydrogens is 532 g/mol. The van der Waals surface area contributed by atoms with Crippen LogP contribution in [0.1, 0.15) is 102 Å². The van der Waals surface area contributed by atoms with Gasteiger partial charge < -0.3 is 26.6 Å². The van der Waals surface area contributed by atoms with E-state index in [2.05, 4.69) is 60.0 Å². The number of nitrogens with zero attached hydrogens (tertiary/aromatic N) is 3. The molecule has 230 valence electrons. The summed E-state index contributed by atoms with van der Waals surface area (Å²) in [4.78, 5) is 31.9. The molecule has 2 unspecified atom stereocenters. The molecule has 2 fully saturated rings. The van der Waals surface area contributed by atoms with Crippen molar-refractivity contribution in [1.29, 1.82) is 0 Å². The lowest BCUT2D eigenvalue weighted by molar-refractivity contribution is -0.106. The Hall–Kier alpha value is -2.78. The normalized spacial score (nSPS) is 20.7. The maximum Gasteiger partial charge on any atom is 0.255 e. The van der Waals surface area contributed by atoms with Gasteiger partial charge in [0.05, 0.1) is 17.5 Å². The molecule has 3 aliphatic rings. The molecule has 0 saturated carbocycles. The molecule has 0 bridgehead atoms. The molecule has 8 nitrogen and oxygen atoms in total. The Morgan fingerprint density at radius 3 is 2.39 bits per heavy atom. The van der Waals surface area contributed by atoms with Crippen molar-refractivity contribution in [2.45, 2.75) is 97.5 Å². The molecule has 1 aromatic carbocycles. The molecule has 2 saturated heterocycles. The van der Waals surface area contributed by atoms with Gasteiger partial charge in [-0.2, -0.15) is 0 Å². The zero-order valence-corrected chi connectivity index (χ0v) is 27.4. The number of thioether (sulfide) groups is 1. The number of benzene rings is 1. The Kier molecular flexibility index (Phi) is 17.1. The number of carbonyl (C=O) groups is 2. The van der Waals surface area contributed by atoms with Crippen LogP contribution in [0, 0.1) is 5.92 Å². The SMILES string of the molecule is CC.CC.CC1CCCN1C.CCc1cc(C(=O)N2CC(C)CC[C@@H]2c2ccc3c(c2)NCS3)cnc1N.NC=O. The van der Waals surface area contributed by atoms with Crippen molar-refractivity contribution in [1.82, 2.24) is 14.8 Å². The van der Waals surface area contributed by atoms with E-state index < -0.39 is 0 Å². The second-order valence-electron chi connectivity index (χ2n) is 10.1. The Morgan fingerprint density at radius 1 is 1.15 bits per heavy atom. The van der Waals surface area contributed by atoms with E-state index in [0.29, 0.717) is 17.3 Å². The molecule has 5 N–H and O–H groups in total. The van der Waals surface area contributed by atoms with Gasteiger partial charge >= 0.3 is 0 Å². The molecule has 3 aliphatic heterocycles. The largest absolute Gasteiger partial charge is 0.383 e. The number of aryl methyl sites for hydroxylation is 1. The highest BCUT2D eigenvalue weighted by molar-refractivity contribution is 7.99. The number of carbonyl (C=O) groups excluding carboxylic acids is 2. The van der Waals surface area contributed by atoms with Crippen LogP contribution in [-0.2, 0) is 11.2 Å². The Labute approximate surface area is 253 Å². The summed E-state index contributed by atoms with van der Waals surface area (Å²) in [5.74, 6) is 1.98. The first-order valence-electron chi connectivity index (χ1n) is 15.2. The number of likely N-dealkylation sites (tertiary alicyclic amines) is 2. The van der Waals surface area contributed by atoms with Gasteiger partial charge in [-0.25, -0.2) is 4.98 Å². The summed E-state index contributed by atoms with van der Waals surface area (Å²) in [6, 6.07) is 9.43. The van der Waals surface area contributed by atoms with Gasteiger partial charge in [0.1, 0.15) is 5.82 Å². The van der Waals surface area contributed by atoms with E-state index in [4.69, 9.17) is 10.5 Å². The van der Waals surface area contributed by atoms with E-state index in [-0.39, 0.29) is 18.4 Å². The van der Waals surface area contributed by atoms with Crippen LogP contribution in [0.5, 0.6) is 0 Å². The predicted octanol–water partition coefficient (Wildman–Crippen LogP) is 6.57. The first-order valence-corrected chi connectivity index (χ1v) is 16.2. The number of fused-ring (bicyclic) bond motifs is 1. The van der Waals surface area contributed by atoms with Gasteiger partial charge in [-0.05, 0) is 87.9 Å². The number of primary amides is 1. The van der Waals surface area contributed by atoms with E-state index in [1.54, 1.807) is 6.20 Å². The third-order valence-corrected chi connectivity index (χ3v) is 8.43. The van der Waals surface area contributed by atoms with E-state index in [0.717, 1.165) is 43.3 Å². The molecular formula is C32H54N6O2S. The number of amides is 2. The topological polar surface area (TPSA) is 118 Å². The van der Waals surface area contributed by atoms with E-state index in [1.807, 2.05) is 57.3 Å². The number of aromatic nitrogens is 1. The fraction of sp³-hybridized carbons (Fsp3) is 0.594. The minimum absolute atomic E-state index is 0.0524. The number of piperidine rings is 1. The van der Waals surface area contributed by atoms with E-state index in [9.17, 15) is 4.79 Å². The molecule has 5 rings (SSSR count). The van der Waals surface area contributed by atoms with Crippen LogP contribution in [0.4, 0.5) is 11.5 Å². The summed E-state index contributed by atoms with van der Waals surface area (Å²) in [6.07, 6.45) is 7.56. The lowest BCUT2D eigenvalue weighted by Crippen LogP contribution is -2.41. The summed E-state index contributed by atoms with van der Waals surface area (Å²) in [7, 11) is 2.19. The summed E-state index contributed by atoms with van der Waals surface area (Å²) in [5.41, 5.74) is 14.1. The van der Waals surface area contributed by atoms with Crippen molar-refractivity contribution in [2.24, 2.45) is 11.7 Å². The smallest absolute Gasteiger partial charge is 0.255 e. The Balaban J connectivity index is 0.000000503. The van der Waals surface area contributed by atoms with E-state index >= 15 is 0 Å². The number of rotatable bonds is 3. The van der Waals surface area contributed by atoms with Crippen LogP contribution < -0.4 is 16.8 Å². The minimum atomic E-state index is 0.0524. The van der Waals surface area contributed by atoms with Gasteiger partial charge in [0.25, 0.3) is 5.91 Å². The molecule has 3 atom stereocenters. The lowest BCUT2D eigenvalue weighted by atomic mass is 9.89. The number of pyridine rings is 1. The first-order chi connectivity index (χ1) is 19.8. The Morgan fingerprint density at radius 2 is 1.83 bits per heavy atom. The van der Waals surface area contributed by atoms with Crippen molar-refractivity contribution in [2.75, 3.05) is 37.1 Å². The van der Waals surface area contributed by atoms with Gasteiger partial charge in [0, 0.05) is 29.4 Å². The highest BCUT2D eigenvalue weighted by Crippen LogP contribution is 2.40. The summed E-state index contributed by atoms with van der Waals surface area (Å²) >= 11 is 1.82. The minimum Gasteiger partial charge on any atom is -0.383 e. The van der Waals surface area contributed by atoms with Gasteiger partial charge in [-0.15, -0.1) is 11.8 Å². The summed E-state index contributed by atoms with van der Waals surface area (Å²) < 4.78 is 0. The van der Waals surface area contributed by atoms with Gasteiger partial charge in [0.15, 0.2) is 0 Å². The highest BCUT2D eigenvalue weighted by Gasteiger charge is 2.32. The quantitative estimate of drug-likeness (QED) is 0.348. The van der Waals surface area contributed by atoms with Gasteiger partial charge in [0.2, 0.25) is 6.41 Å². The van der Waals surface area contributed by atoms with Crippen molar-refractivity contribution >= 4 is 35.6 Å². The van der Waals surface area contributed by atoms with Gasteiger partial charge in [-0.3, -0.25) is 9.59 Å². The number of anilines is 2. The van der Waals surface area contributed by atoms with Crippen LogP contribution in [0.3, 0.4) is 0 Å². The van der Waals surface area contributed by atoms with Crippen LogP contribution >= 0.6 is 11.8 Å². The Bertz CT molecular complexity index is 1060. The monoisotopic (exact) mass is 586 g/mol. The second-order valence-corrected chi connectivity index (χ2v) is 11.1. The number of hydrogen-bond acceptors (Lipinski definition) is 7. The number of nitrogen functional groups attached to an aromatic ring is 1. The zero-order chi connectivity index (χ0) is 30.9. The zero-order valence-electron chi connectivity index (χ0n) is 26.6. The van der Waals surface area contributed by atoms with Crippen molar-refractivity contribution in [3.8, 4) is 0 Å². The van der Waals surface area contributed by atoms with Crippen LogP contribution in [-0.4, -0.2) is 59.2 Å². The number of nitrogens with two attached hydrogens (primary N) is 2. The maximum atomic E-state index is 13.4. The van der Waals surface area contributed by atoms with Gasteiger partial charge in [-0.1, -0.05) is 47.6 Å². The third kappa shape index (κ3) is 10.5. The van der Waals surface area contributed by atoms with Crippen LogP contribution in [0.2, 0.25) is 0 Å². The summed E-state index contributed by atoms with van der Waals surface area (Å²) in [5, 5.41) is 3.42. The van der Waals surface area contributed by atoms with Crippen LogP contribution in [0.15, 0.2) is 35.4 Å². The number of nitrogens with one attached hydrogen (secondary N) is 1.